The summed E-state index contributed by atoms with van der Waals surface area (Å²) in [6.07, 6.45) is 8.48. The Kier molecular flexibility index (Phi) is 5.95. The molecular formula is C24H28N2O2. The van der Waals surface area contributed by atoms with E-state index in [0.717, 1.165) is 35.1 Å². The Morgan fingerprint density at radius 2 is 1.71 bits per heavy atom. The highest BCUT2D eigenvalue weighted by molar-refractivity contribution is 5.98. The van der Waals surface area contributed by atoms with E-state index in [4.69, 9.17) is 4.74 Å². The van der Waals surface area contributed by atoms with Gasteiger partial charge in [-0.2, -0.15) is 0 Å². The maximum absolute atomic E-state index is 12.7. The number of hydrogen-bond donors (Lipinski definition) is 2. The highest BCUT2D eigenvalue weighted by Gasteiger charge is 2.16. The van der Waals surface area contributed by atoms with Gasteiger partial charge >= 0.3 is 0 Å². The number of nitrogens with one attached hydrogen (secondary N) is 2. The van der Waals surface area contributed by atoms with Crippen molar-refractivity contribution in [2.45, 2.75) is 57.6 Å². The monoisotopic (exact) mass is 376 g/mol. The number of carbonyl (C=O) groups excluding carboxylic acids is 1. The molecule has 0 radical (unpaired) electrons. The van der Waals surface area contributed by atoms with Crippen LogP contribution in [0.4, 0.5) is 0 Å². The van der Waals surface area contributed by atoms with Crippen molar-refractivity contribution in [2.75, 3.05) is 0 Å². The third-order valence-electron chi connectivity index (χ3n) is 5.53. The van der Waals surface area contributed by atoms with Gasteiger partial charge < -0.3 is 15.0 Å². The lowest BCUT2D eigenvalue weighted by Crippen LogP contribution is -2.35. The van der Waals surface area contributed by atoms with E-state index in [1.165, 1.54) is 32.1 Å². The van der Waals surface area contributed by atoms with Crippen molar-refractivity contribution in [3.05, 3.63) is 65.9 Å². The van der Waals surface area contributed by atoms with Crippen LogP contribution in [0.25, 0.3) is 10.9 Å². The molecule has 0 bridgehead atoms. The predicted molar refractivity (Wildman–Crippen MR) is 113 cm³/mol. The maximum atomic E-state index is 12.7. The highest BCUT2D eigenvalue weighted by Crippen LogP contribution is 2.23. The lowest BCUT2D eigenvalue weighted by Gasteiger charge is -2.20. The lowest BCUT2D eigenvalue weighted by atomic mass is 9.96. The van der Waals surface area contributed by atoms with E-state index in [9.17, 15) is 4.79 Å². The highest BCUT2D eigenvalue weighted by atomic mass is 16.5. The summed E-state index contributed by atoms with van der Waals surface area (Å²) in [5.41, 5.74) is 2.71. The fraction of sp³-hybridized carbons (Fsp3) is 0.375. The van der Waals surface area contributed by atoms with Gasteiger partial charge in [-0.1, -0.05) is 62.4 Å². The second kappa shape index (κ2) is 8.96. The molecule has 4 nitrogen and oxygen atoms in total. The molecular weight excluding hydrogens is 348 g/mol. The molecule has 1 aromatic heterocycles. The zero-order valence-corrected chi connectivity index (χ0v) is 16.2. The third-order valence-corrected chi connectivity index (χ3v) is 5.53. The molecule has 1 heterocycles. The summed E-state index contributed by atoms with van der Waals surface area (Å²) in [7, 11) is 0. The summed E-state index contributed by atoms with van der Waals surface area (Å²) in [5.74, 6) is 0.802. The molecule has 0 spiro atoms. The Labute approximate surface area is 166 Å². The number of H-pyrrole nitrogens is 1. The molecule has 2 aromatic carbocycles. The van der Waals surface area contributed by atoms with Gasteiger partial charge in [0.2, 0.25) is 0 Å². The van der Waals surface area contributed by atoms with E-state index in [1.807, 2.05) is 54.6 Å². The summed E-state index contributed by atoms with van der Waals surface area (Å²) in [5, 5.41) is 4.22. The van der Waals surface area contributed by atoms with Crippen molar-refractivity contribution in [3.8, 4) is 5.75 Å². The predicted octanol–water partition coefficient (Wildman–Crippen LogP) is 5.59. The minimum Gasteiger partial charge on any atom is -0.489 e. The van der Waals surface area contributed by atoms with E-state index < -0.39 is 0 Å². The molecule has 0 aliphatic heterocycles. The number of aromatic nitrogens is 1. The van der Waals surface area contributed by atoms with E-state index in [2.05, 4.69) is 10.3 Å². The van der Waals surface area contributed by atoms with Gasteiger partial charge in [0.1, 0.15) is 18.1 Å². The first-order valence-corrected chi connectivity index (χ1v) is 10.4. The zero-order chi connectivity index (χ0) is 19.2. The first-order chi connectivity index (χ1) is 13.8. The van der Waals surface area contributed by atoms with Gasteiger partial charge in [0, 0.05) is 16.9 Å². The van der Waals surface area contributed by atoms with Crippen LogP contribution in [0, 0.1) is 0 Å². The van der Waals surface area contributed by atoms with Crippen molar-refractivity contribution in [1.29, 1.82) is 0 Å². The lowest BCUT2D eigenvalue weighted by molar-refractivity contribution is 0.0926. The van der Waals surface area contributed by atoms with Crippen LogP contribution >= 0.6 is 0 Å². The minimum atomic E-state index is -0.00599. The van der Waals surface area contributed by atoms with Crippen molar-refractivity contribution in [1.82, 2.24) is 10.3 Å². The molecule has 0 atom stereocenters. The van der Waals surface area contributed by atoms with E-state index in [1.54, 1.807) is 0 Å². The molecule has 1 amide bonds. The fourth-order valence-corrected chi connectivity index (χ4v) is 3.93. The van der Waals surface area contributed by atoms with Crippen molar-refractivity contribution < 1.29 is 9.53 Å². The number of carbonyl (C=O) groups is 1. The summed E-state index contributed by atoms with van der Waals surface area (Å²) in [6.45, 7) is 0.534. The fourth-order valence-electron chi connectivity index (χ4n) is 3.93. The smallest absolute Gasteiger partial charge is 0.267 e. The van der Waals surface area contributed by atoms with Crippen LogP contribution in [-0.2, 0) is 6.61 Å². The molecule has 1 aliphatic carbocycles. The number of rotatable bonds is 5. The number of hydrogen-bond acceptors (Lipinski definition) is 2. The molecule has 4 rings (SSSR count). The van der Waals surface area contributed by atoms with Crippen LogP contribution < -0.4 is 10.1 Å². The third kappa shape index (κ3) is 4.75. The molecule has 2 N–H and O–H groups in total. The van der Waals surface area contributed by atoms with Gasteiger partial charge in [-0.3, -0.25) is 4.79 Å². The van der Waals surface area contributed by atoms with Gasteiger partial charge in [0.25, 0.3) is 5.91 Å². The Balaban J connectivity index is 1.41. The number of aromatic amines is 1. The van der Waals surface area contributed by atoms with E-state index >= 15 is 0 Å². The molecule has 0 saturated heterocycles. The van der Waals surface area contributed by atoms with Crippen LogP contribution in [0.2, 0.25) is 0 Å². The topological polar surface area (TPSA) is 54.1 Å². The Morgan fingerprint density at radius 1 is 0.964 bits per heavy atom. The van der Waals surface area contributed by atoms with Crippen LogP contribution in [-0.4, -0.2) is 16.9 Å². The van der Waals surface area contributed by atoms with Crippen LogP contribution in [0.1, 0.15) is 61.0 Å². The molecule has 0 unspecified atom stereocenters. The molecule has 1 aliphatic rings. The number of benzene rings is 2. The number of ether oxygens (including phenoxy) is 1. The summed E-state index contributed by atoms with van der Waals surface area (Å²) in [4.78, 5) is 15.9. The zero-order valence-electron chi connectivity index (χ0n) is 16.2. The standard InChI is InChI=1S/C24H28N2O2/c27-24(25-20-11-7-2-1-3-8-12-20)23-16-19-15-21(13-14-22(19)26-23)28-17-18-9-5-4-6-10-18/h4-6,9-10,13-16,20,26H,1-3,7-8,11-12,17H2,(H,25,27). The first-order valence-electron chi connectivity index (χ1n) is 10.4. The van der Waals surface area contributed by atoms with Gasteiger partial charge in [-0.05, 0) is 42.7 Å². The minimum absolute atomic E-state index is 0.00599. The molecule has 1 saturated carbocycles. The average Bonchev–Trinajstić information content (AvgIpc) is 3.13. The molecule has 1 fully saturated rings. The Hall–Kier alpha value is -2.75. The van der Waals surface area contributed by atoms with Gasteiger partial charge in [0.15, 0.2) is 0 Å². The molecule has 4 heteroatoms. The van der Waals surface area contributed by atoms with Crippen molar-refractivity contribution in [3.63, 3.8) is 0 Å². The van der Waals surface area contributed by atoms with E-state index in [0.29, 0.717) is 18.3 Å². The van der Waals surface area contributed by atoms with E-state index in [-0.39, 0.29) is 5.91 Å². The maximum Gasteiger partial charge on any atom is 0.267 e. The first kappa shape index (κ1) is 18.6. The molecule has 146 valence electrons. The van der Waals surface area contributed by atoms with Crippen molar-refractivity contribution in [2.24, 2.45) is 0 Å². The number of amides is 1. The quantitative estimate of drug-likeness (QED) is 0.610. The largest absolute Gasteiger partial charge is 0.489 e. The van der Waals surface area contributed by atoms with Gasteiger partial charge in [-0.25, -0.2) is 0 Å². The number of fused-ring (bicyclic) bond motifs is 1. The van der Waals surface area contributed by atoms with Crippen LogP contribution in [0.15, 0.2) is 54.6 Å². The normalized spacial score (nSPS) is 15.7. The summed E-state index contributed by atoms with van der Waals surface area (Å²) in [6, 6.07) is 18.2. The second-order valence-electron chi connectivity index (χ2n) is 7.72. The van der Waals surface area contributed by atoms with Crippen LogP contribution in [0.3, 0.4) is 0 Å². The van der Waals surface area contributed by atoms with Gasteiger partial charge in [-0.15, -0.1) is 0 Å². The SMILES string of the molecule is O=C(NC1CCCCCCC1)c1cc2cc(OCc3ccccc3)ccc2[nH]1. The average molecular weight is 377 g/mol. The second-order valence-corrected chi connectivity index (χ2v) is 7.72. The van der Waals surface area contributed by atoms with Crippen molar-refractivity contribution >= 4 is 16.8 Å². The summed E-state index contributed by atoms with van der Waals surface area (Å²) < 4.78 is 5.90. The summed E-state index contributed by atoms with van der Waals surface area (Å²) >= 11 is 0. The molecule has 3 aromatic rings. The Bertz CT molecular complexity index is 909. The molecule has 28 heavy (non-hydrogen) atoms. The van der Waals surface area contributed by atoms with Gasteiger partial charge in [0.05, 0.1) is 0 Å². The Morgan fingerprint density at radius 3 is 2.50 bits per heavy atom. The van der Waals surface area contributed by atoms with Crippen LogP contribution in [0.5, 0.6) is 5.75 Å².